The normalized spacial score (nSPS) is 15.2. The van der Waals surface area contributed by atoms with E-state index in [-0.39, 0.29) is 32.0 Å². The van der Waals surface area contributed by atoms with Gasteiger partial charge in [0.05, 0.1) is 21.3 Å². The van der Waals surface area contributed by atoms with Crippen molar-refractivity contribution in [2.45, 2.75) is 0 Å². The molecule has 2 aromatic carbocycles. The lowest BCUT2D eigenvalue weighted by molar-refractivity contribution is -0.122. The third-order valence-electron chi connectivity index (χ3n) is 4.74. The number of thiocarbonyl (C=S) groups is 1. The van der Waals surface area contributed by atoms with Crippen molar-refractivity contribution in [3.63, 3.8) is 0 Å². The summed E-state index contributed by atoms with van der Waals surface area (Å²) in [6.07, 6.45) is 3.15. The van der Waals surface area contributed by atoms with Gasteiger partial charge >= 0.3 is 5.97 Å². The molecule has 0 radical (unpaired) electrons. The molecule has 160 valence electrons. The third kappa shape index (κ3) is 3.91. The maximum atomic E-state index is 13.2. The van der Waals surface area contributed by atoms with E-state index in [1.54, 1.807) is 53.2 Å². The standard InChI is InChI=1S/C22H13Cl2N3O4S/c23-16-4-1-5-17(18(16)24)27-20(29)15(19(28)25-22(27)32)11-14-3-2-10-26(14)13-8-6-12(7-9-13)21(30)31/h1-11H,(H,30,31)(H,25,28,32)/b15-11+. The molecule has 10 heteroatoms. The molecule has 1 saturated heterocycles. The Morgan fingerprint density at radius 3 is 2.44 bits per heavy atom. The average Bonchev–Trinajstić information content (AvgIpc) is 3.22. The van der Waals surface area contributed by atoms with Crippen LogP contribution in [-0.2, 0) is 9.59 Å². The fourth-order valence-corrected chi connectivity index (χ4v) is 3.85. The van der Waals surface area contributed by atoms with Gasteiger partial charge in [-0.2, -0.15) is 0 Å². The second-order valence-corrected chi connectivity index (χ2v) is 7.86. The van der Waals surface area contributed by atoms with E-state index < -0.39 is 17.8 Å². The first-order valence-corrected chi connectivity index (χ1v) is 10.3. The van der Waals surface area contributed by atoms with Crippen molar-refractivity contribution in [3.05, 3.63) is 87.7 Å². The van der Waals surface area contributed by atoms with Gasteiger partial charge in [0.2, 0.25) is 0 Å². The third-order valence-corrected chi connectivity index (χ3v) is 5.83. The fraction of sp³-hybridized carbons (Fsp3) is 0. The number of carbonyl (C=O) groups is 3. The monoisotopic (exact) mass is 485 g/mol. The Morgan fingerprint density at radius 2 is 1.75 bits per heavy atom. The largest absolute Gasteiger partial charge is 0.478 e. The molecule has 7 nitrogen and oxygen atoms in total. The summed E-state index contributed by atoms with van der Waals surface area (Å²) in [7, 11) is 0. The quantitative estimate of drug-likeness (QED) is 0.326. The summed E-state index contributed by atoms with van der Waals surface area (Å²) >= 11 is 17.5. The molecular formula is C22H13Cl2N3O4S. The highest BCUT2D eigenvalue weighted by Gasteiger charge is 2.36. The van der Waals surface area contributed by atoms with Gasteiger partial charge in [-0.1, -0.05) is 29.3 Å². The molecule has 0 saturated carbocycles. The molecule has 0 aliphatic carbocycles. The molecule has 1 fully saturated rings. The summed E-state index contributed by atoms with van der Waals surface area (Å²) in [5.74, 6) is -2.34. The minimum absolute atomic E-state index is 0.110. The number of nitrogens with one attached hydrogen (secondary N) is 1. The van der Waals surface area contributed by atoms with Crippen LogP contribution >= 0.6 is 35.4 Å². The van der Waals surface area contributed by atoms with E-state index in [0.717, 1.165) is 4.90 Å². The van der Waals surface area contributed by atoms with Crippen molar-refractivity contribution in [2.24, 2.45) is 0 Å². The Kier molecular flexibility index (Phi) is 5.84. The molecule has 3 aromatic rings. The van der Waals surface area contributed by atoms with E-state index in [1.807, 2.05) is 0 Å². The first-order valence-electron chi connectivity index (χ1n) is 9.14. The number of hydrogen-bond acceptors (Lipinski definition) is 4. The van der Waals surface area contributed by atoms with Crippen molar-refractivity contribution in [2.75, 3.05) is 4.90 Å². The van der Waals surface area contributed by atoms with Gasteiger partial charge in [0.25, 0.3) is 11.8 Å². The Balaban J connectivity index is 1.74. The molecule has 32 heavy (non-hydrogen) atoms. The molecule has 2 N–H and O–H groups in total. The summed E-state index contributed by atoms with van der Waals surface area (Å²) in [5, 5.41) is 11.8. The minimum atomic E-state index is -1.04. The lowest BCUT2D eigenvalue weighted by Crippen LogP contribution is -2.54. The zero-order valence-corrected chi connectivity index (χ0v) is 18.4. The summed E-state index contributed by atoms with van der Waals surface area (Å²) < 4.78 is 1.71. The van der Waals surface area contributed by atoms with Crippen LogP contribution in [-0.4, -0.2) is 32.6 Å². The van der Waals surface area contributed by atoms with Crippen LogP contribution in [0.3, 0.4) is 0 Å². The van der Waals surface area contributed by atoms with Crippen molar-refractivity contribution in [1.82, 2.24) is 9.88 Å². The molecule has 4 rings (SSSR count). The van der Waals surface area contributed by atoms with E-state index in [1.165, 1.54) is 18.2 Å². The molecule has 1 aliphatic heterocycles. The van der Waals surface area contributed by atoms with Gasteiger partial charge in [0.1, 0.15) is 5.57 Å². The average molecular weight is 486 g/mol. The number of aromatic carboxylic acids is 1. The van der Waals surface area contributed by atoms with Crippen molar-refractivity contribution in [3.8, 4) is 5.69 Å². The summed E-state index contributed by atoms with van der Waals surface area (Å²) in [6.45, 7) is 0. The highest BCUT2D eigenvalue weighted by atomic mass is 35.5. The Bertz CT molecular complexity index is 1310. The first kappa shape index (κ1) is 21.8. The van der Waals surface area contributed by atoms with Crippen LogP contribution in [0.15, 0.2) is 66.4 Å². The molecule has 0 spiro atoms. The zero-order chi connectivity index (χ0) is 23.0. The summed E-state index contributed by atoms with van der Waals surface area (Å²) in [4.78, 5) is 38.0. The van der Waals surface area contributed by atoms with Gasteiger partial charge in [-0.3, -0.25) is 19.8 Å². The number of amides is 2. The SMILES string of the molecule is O=C1NC(=S)N(c2cccc(Cl)c2Cl)C(=O)/C1=C/c1cccn1-c1ccc(C(=O)O)cc1. The number of aromatic nitrogens is 1. The highest BCUT2D eigenvalue weighted by molar-refractivity contribution is 7.80. The van der Waals surface area contributed by atoms with Gasteiger partial charge in [-0.15, -0.1) is 0 Å². The number of carboxylic acid groups (broad SMARTS) is 1. The number of benzene rings is 2. The highest BCUT2D eigenvalue weighted by Crippen LogP contribution is 2.34. The topological polar surface area (TPSA) is 91.6 Å². The second-order valence-electron chi connectivity index (χ2n) is 6.69. The van der Waals surface area contributed by atoms with E-state index in [4.69, 9.17) is 40.5 Å². The van der Waals surface area contributed by atoms with Crippen LogP contribution in [0.2, 0.25) is 10.0 Å². The molecule has 1 aliphatic rings. The van der Waals surface area contributed by atoms with Gasteiger partial charge in [-0.25, -0.2) is 4.79 Å². The van der Waals surface area contributed by atoms with E-state index >= 15 is 0 Å². The minimum Gasteiger partial charge on any atom is -0.478 e. The zero-order valence-electron chi connectivity index (χ0n) is 16.1. The van der Waals surface area contributed by atoms with Gasteiger partial charge < -0.3 is 9.67 Å². The molecule has 0 atom stereocenters. The Hall–Kier alpha value is -3.46. The van der Waals surface area contributed by atoms with Crippen LogP contribution in [0.1, 0.15) is 16.1 Å². The smallest absolute Gasteiger partial charge is 0.335 e. The predicted molar refractivity (Wildman–Crippen MR) is 125 cm³/mol. The van der Waals surface area contributed by atoms with E-state index in [2.05, 4.69) is 5.32 Å². The maximum Gasteiger partial charge on any atom is 0.335 e. The van der Waals surface area contributed by atoms with Gasteiger partial charge in [0, 0.05) is 17.6 Å². The molecule has 0 bridgehead atoms. The number of carbonyl (C=O) groups excluding carboxylic acids is 2. The lowest BCUT2D eigenvalue weighted by atomic mass is 10.1. The van der Waals surface area contributed by atoms with Crippen LogP contribution in [0.25, 0.3) is 11.8 Å². The van der Waals surface area contributed by atoms with Crippen LogP contribution in [0.5, 0.6) is 0 Å². The van der Waals surface area contributed by atoms with E-state index in [0.29, 0.717) is 11.4 Å². The summed E-state index contributed by atoms with van der Waals surface area (Å²) in [5.41, 5.74) is 1.42. The lowest BCUT2D eigenvalue weighted by Gasteiger charge is -2.29. The van der Waals surface area contributed by atoms with Crippen molar-refractivity contribution >= 4 is 70.1 Å². The van der Waals surface area contributed by atoms with Crippen molar-refractivity contribution in [1.29, 1.82) is 0 Å². The Labute approximate surface area is 197 Å². The molecule has 1 aromatic heterocycles. The fourth-order valence-electron chi connectivity index (χ4n) is 3.20. The predicted octanol–water partition coefficient (Wildman–Crippen LogP) is 4.31. The summed E-state index contributed by atoms with van der Waals surface area (Å²) in [6, 6.07) is 14.4. The van der Waals surface area contributed by atoms with Crippen LogP contribution < -0.4 is 10.2 Å². The first-order chi connectivity index (χ1) is 15.3. The molecular weight excluding hydrogens is 473 g/mol. The van der Waals surface area contributed by atoms with Crippen LogP contribution in [0, 0.1) is 0 Å². The van der Waals surface area contributed by atoms with Gasteiger partial charge in [-0.05, 0) is 66.8 Å². The number of anilines is 1. The van der Waals surface area contributed by atoms with Crippen molar-refractivity contribution < 1.29 is 19.5 Å². The molecule has 0 unspecified atom stereocenters. The number of nitrogens with zero attached hydrogens (tertiary/aromatic N) is 2. The van der Waals surface area contributed by atoms with E-state index in [9.17, 15) is 14.4 Å². The Morgan fingerprint density at radius 1 is 1.03 bits per heavy atom. The number of rotatable bonds is 4. The number of hydrogen-bond donors (Lipinski definition) is 2. The maximum absolute atomic E-state index is 13.2. The molecule has 2 amide bonds. The molecule has 2 heterocycles. The second kappa shape index (κ2) is 8.58. The van der Waals surface area contributed by atoms with Crippen LogP contribution in [0.4, 0.5) is 5.69 Å². The number of halogens is 2. The van der Waals surface area contributed by atoms with Gasteiger partial charge in [0.15, 0.2) is 5.11 Å². The number of carboxylic acids is 1.